The van der Waals surface area contributed by atoms with Crippen LogP contribution in [0.4, 0.5) is 0 Å². The molecule has 0 saturated carbocycles. The van der Waals surface area contributed by atoms with Crippen molar-refractivity contribution in [3.05, 3.63) is 65.5 Å². The summed E-state index contributed by atoms with van der Waals surface area (Å²) in [4.78, 5) is 4.44. The fourth-order valence-electron chi connectivity index (χ4n) is 2.95. The average Bonchev–Trinajstić information content (AvgIpc) is 2.48. The summed E-state index contributed by atoms with van der Waals surface area (Å²) in [5.74, 6) is 0. The Labute approximate surface area is 114 Å². The molecule has 0 spiro atoms. The number of fused-ring (bicyclic) bond motifs is 1. The number of hydrogen-bond acceptors (Lipinski definition) is 2. The first-order chi connectivity index (χ1) is 9.34. The molecule has 1 aromatic carbocycles. The number of nitrogens with one attached hydrogen (secondary N) is 1. The largest absolute Gasteiger partial charge is 0.302 e. The standard InChI is InChI=1S/C17H20N2/c1-13(16-10-4-5-12-18-16)19-17-11-6-8-14-7-2-3-9-15(14)17/h2-5,7,9-10,12-13,17,19H,6,8,11H2,1H3. The van der Waals surface area contributed by atoms with Crippen molar-refractivity contribution >= 4 is 0 Å². The van der Waals surface area contributed by atoms with Gasteiger partial charge in [-0.3, -0.25) is 4.98 Å². The number of aromatic nitrogens is 1. The Morgan fingerprint density at radius 2 is 2.00 bits per heavy atom. The van der Waals surface area contributed by atoms with Crippen molar-refractivity contribution in [2.45, 2.75) is 38.3 Å². The number of pyridine rings is 1. The first-order valence-electron chi connectivity index (χ1n) is 7.09. The van der Waals surface area contributed by atoms with Crippen LogP contribution in [0.1, 0.15) is 48.7 Å². The van der Waals surface area contributed by atoms with Crippen molar-refractivity contribution in [2.75, 3.05) is 0 Å². The quantitative estimate of drug-likeness (QED) is 0.898. The van der Waals surface area contributed by atoms with Gasteiger partial charge in [0.2, 0.25) is 0 Å². The zero-order valence-corrected chi connectivity index (χ0v) is 11.3. The molecular formula is C17H20N2. The van der Waals surface area contributed by atoms with Crippen LogP contribution in [0.15, 0.2) is 48.7 Å². The molecule has 98 valence electrons. The van der Waals surface area contributed by atoms with Crippen LogP contribution < -0.4 is 5.32 Å². The van der Waals surface area contributed by atoms with Gasteiger partial charge in [-0.1, -0.05) is 30.3 Å². The van der Waals surface area contributed by atoms with Crippen LogP contribution in [0.5, 0.6) is 0 Å². The lowest BCUT2D eigenvalue weighted by atomic mass is 9.87. The van der Waals surface area contributed by atoms with Crippen LogP contribution in [0.3, 0.4) is 0 Å². The van der Waals surface area contributed by atoms with Gasteiger partial charge in [0.15, 0.2) is 0 Å². The van der Waals surface area contributed by atoms with Crippen molar-refractivity contribution in [1.29, 1.82) is 0 Å². The van der Waals surface area contributed by atoms with E-state index in [1.165, 1.54) is 30.4 Å². The molecule has 0 radical (unpaired) electrons. The van der Waals surface area contributed by atoms with Gasteiger partial charge in [-0.25, -0.2) is 0 Å². The van der Waals surface area contributed by atoms with Gasteiger partial charge in [0.1, 0.15) is 0 Å². The van der Waals surface area contributed by atoms with E-state index in [0.717, 1.165) is 5.69 Å². The van der Waals surface area contributed by atoms with E-state index in [1.54, 1.807) is 0 Å². The molecule has 1 heterocycles. The van der Waals surface area contributed by atoms with E-state index in [-0.39, 0.29) is 6.04 Å². The van der Waals surface area contributed by atoms with Crippen molar-refractivity contribution in [2.24, 2.45) is 0 Å². The molecule has 2 heteroatoms. The van der Waals surface area contributed by atoms with Crippen LogP contribution in [0.25, 0.3) is 0 Å². The van der Waals surface area contributed by atoms with Gasteiger partial charge in [0.25, 0.3) is 0 Å². The molecule has 2 aromatic rings. The molecule has 1 aliphatic rings. The minimum absolute atomic E-state index is 0.289. The van der Waals surface area contributed by atoms with Gasteiger partial charge >= 0.3 is 0 Å². The zero-order valence-electron chi connectivity index (χ0n) is 11.3. The molecule has 19 heavy (non-hydrogen) atoms. The van der Waals surface area contributed by atoms with Crippen molar-refractivity contribution in [1.82, 2.24) is 10.3 Å². The maximum absolute atomic E-state index is 4.44. The molecule has 1 aliphatic carbocycles. The Morgan fingerprint density at radius 3 is 2.84 bits per heavy atom. The van der Waals surface area contributed by atoms with Crippen LogP contribution in [0, 0.1) is 0 Å². The second-order valence-electron chi connectivity index (χ2n) is 5.29. The second-order valence-corrected chi connectivity index (χ2v) is 5.29. The molecule has 3 rings (SSSR count). The van der Waals surface area contributed by atoms with Gasteiger partial charge in [0.05, 0.1) is 5.69 Å². The lowest BCUT2D eigenvalue weighted by molar-refractivity contribution is 0.411. The maximum Gasteiger partial charge on any atom is 0.0570 e. The van der Waals surface area contributed by atoms with E-state index in [0.29, 0.717) is 6.04 Å². The first-order valence-corrected chi connectivity index (χ1v) is 7.09. The Morgan fingerprint density at radius 1 is 1.16 bits per heavy atom. The second kappa shape index (κ2) is 5.54. The van der Waals surface area contributed by atoms with Crippen LogP contribution >= 0.6 is 0 Å². The molecule has 0 amide bonds. The van der Waals surface area contributed by atoms with E-state index in [2.05, 4.69) is 53.6 Å². The summed E-state index contributed by atoms with van der Waals surface area (Å²) >= 11 is 0. The number of benzene rings is 1. The molecule has 2 unspecified atom stereocenters. The summed E-state index contributed by atoms with van der Waals surface area (Å²) in [6, 6.07) is 15.7. The summed E-state index contributed by atoms with van der Waals surface area (Å²) < 4.78 is 0. The highest BCUT2D eigenvalue weighted by molar-refractivity contribution is 5.32. The first kappa shape index (κ1) is 12.4. The lowest BCUT2D eigenvalue weighted by Gasteiger charge is -2.29. The summed E-state index contributed by atoms with van der Waals surface area (Å²) in [5, 5.41) is 3.73. The van der Waals surface area contributed by atoms with Crippen LogP contribution in [-0.4, -0.2) is 4.98 Å². The predicted molar refractivity (Wildman–Crippen MR) is 77.9 cm³/mol. The topological polar surface area (TPSA) is 24.9 Å². The third-order valence-electron chi connectivity index (χ3n) is 3.95. The Balaban J connectivity index is 1.78. The molecular weight excluding hydrogens is 232 g/mol. The Bertz CT molecular complexity index is 536. The highest BCUT2D eigenvalue weighted by Gasteiger charge is 2.21. The fraction of sp³-hybridized carbons (Fsp3) is 0.353. The molecule has 2 atom stereocenters. The number of aryl methyl sites for hydroxylation is 1. The highest BCUT2D eigenvalue weighted by atomic mass is 15.0. The number of hydrogen-bond donors (Lipinski definition) is 1. The van der Waals surface area contributed by atoms with Gasteiger partial charge in [-0.2, -0.15) is 0 Å². The van der Waals surface area contributed by atoms with Crippen molar-refractivity contribution in [3.63, 3.8) is 0 Å². The maximum atomic E-state index is 4.44. The normalized spacial score (nSPS) is 19.7. The number of rotatable bonds is 3. The zero-order chi connectivity index (χ0) is 13.1. The summed E-state index contributed by atoms with van der Waals surface area (Å²) in [6.45, 7) is 2.19. The molecule has 2 nitrogen and oxygen atoms in total. The van der Waals surface area contributed by atoms with E-state index < -0.39 is 0 Å². The van der Waals surface area contributed by atoms with Gasteiger partial charge in [-0.05, 0) is 49.4 Å². The summed E-state index contributed by atoms with van der Waals surface area (Å²) in [7, 11) is 0. The smallest absolute Gasteiger partial charge is 0.0570 e. The molecule has 1 aromatic heterocycles. The van der Waals surface area contributed by atoms with Crippen LogP contribution in [0.2, 0.25) is 0 Å². The molecule has 0 bridgehead atoms. The SMILES string of the molecule is CC(NC1CCCc2ccccc21)c1ccccn1. The van der Waals surface area contributed by atoms with E-state index in [1.807, 2.05) is 12.3 Å². The van der Waals surface area contributed by atoms with Gasteiger partial charge in [-0.15, -0.1) is 0 Å². The molecule has 0 saturated heterocycles. The monoisotopic (exact) mass is 252 g/mol. The number of nitrogens with zero attached hydrogens (tertiary/aromatic N) is 1. The molecule has 0 aliphatic heterocycles. The highest BCUT2D eigenvalue weighted by Crippen LogP contribution is 2.31. The van der Waals surface area contributed by atoms with Gasteiger partial charge < -0.3 is 5.32 Å². The molecule has 1 N–H and O–H groups in total. The van der Waals surface area contributed by atoms with E-state index in [4.69, 9.17) is 0 Å². The van der Waals surface area contributed by atoms with Crippen LogP contribution in [-0.2, 0) is 6.42 Å². The summed E-state index contributed by atoms with van der Waals surface area (Å²) in [6.07, 6.45) is 5.56. The average molecular weight is 252 g/mol. The van der Waals surface area contributed by atoms with E-state index in [9.17, 15) is 0 Å². The minimum Gasteiger partial charge on any atom is -0.302 e. The van der Waals surface area contributed by atoms with Gasteiger partial charge in [0, 0.05) is 18.3 Å². The van der Waals surface area contributed by atoms with Crippen molar-refractivity contribution in [3.8, 4) is 0 Å². The molecule has 0 fully saturated rings. The fourth-order valence-corrected chi connectivity index (χ4v) is 2.95. The Hall–Kier alpha value is -1.67. The van der Waals surface area contributed by atoms with Crippen molar-refractivity contribution < 1.29 is 0 Å². The predicted octanol–water partition coefficient (Wildman–Crippen LogP) is 3.81. The lowest BCUT2D eigenvalue weighted by Crippen LogP contribution is -2.28. The third-order valence-corrected chi connectivity index (χ3v) is 3.95. The third kappa shape index (κ3) is 2.69. The summed E-state index contributed by atoms with van der Waals surface area (Å²) in [5.41, 5.74) is 4.08. The Kier molecular flexibility index (Phi) is 3.60. The van der Waals surface area contributed by atoms with E-state index >= 15 is 0 Å². The minimum atomic E-state index is 0.289.